The Bertz CT molecular complexity index is 1140. The second-order valence-electron chi connectivity index (χ2n) is 8.23. The Labute approximate surface area is 189 Å². The van der Waals surface area contributed by atoms with Crippen LogP contribution in [0.2, 0.25) is 5.02 Å². The van der Waals surface area contributed by atoms with Crippen LogP contribution < -0.4 is 4.90 Å². The molecule has 2 aromatic rings. The van der Waals surface area contributed by atoms with Crippen molar-refractivity contribution in [3.8, 4) is 0 Å². The van der Waals surface area contributed by atoms with Gasteiger partial charge in [0.15, 0.2) is 19.7 Å². The third-order valence-corrected chi connectivity index (χ3v) is 10.7. The van der Waals surface area contributed by atoms with E-state index in [4.69, 9.17) is 11.6 Å². The van der Waals surface area contributed by atoms with E-state index in [0.29, 0.717) is 31.2 Å². The minimum atomic E-state index is -3.76. The minimum Gasteiger partial charge on any atom is -0.369 e. The fourth-order valence-electron chi connectivity index (χ4n) is 4.51. The van der Waals surface area contributed by atoms with Gasteiger partial charge in [0.2, 0.25) is 0 Å². The van der Waals surface area contributed by atoms with Gasteiger partial charge in [0.1, 0.15) is 0 Å². The van der Waals surface area contributed by atoms with Gasteiger partial charge in [-0.3, -0.25) is 4.90 Å². The summed E-state index contributed by atoms with van der Waals surface area (Å²) in [5.74, 6) is -0.425. The first kappa shape index (κ1) is 22.6. The van der Waals surface area contributed by atoms with Crippen molar-refractivity contribution < 1.29 is 16.8 Å². The Morgan fingerprint density at radius 1 is 1.00 bits per heavy atom. The van der Waals surface area contributed by atoms with Gasteiger partial charge in [-0.05, 0) is 42.3 Å². The van der Waals surface area contributed by atoms with E-state index >= 15 is 0 Å². The van der Waals surface area contributed by atoms with Crippen LogP contribution in [-0.4, -0.2) is 70.7 Å². The molecule has 0 radical (unpaired) electrons. The fourth-order valence-corrected chi connectivity index (χ4v) is 9.52. The lowest BCUT2D eigenvalue weighted by molar-refractivity contribution is 0.201. The lowest BCUT2D eigenvalue weighted by atomic mass is 10.1. The summed E-state index contributed by atoms with van der Waals surface area (Å²) in [5.41, 5.74) is 2.07. The summed E-state index contributed by atoms with van der Waals surface area (Å²) in [4.78, 5) is 4.43. The van der Waals surface area contributed by atoms with Gasteiger partial charge in [0.05, 0.1) is 21.7 Å². The molecule has 2 heterocycles. The zero-order chi connectivity index (χ0) is 22.2. The van der Waals surface area contributed by atoms with Crippen LogP contribution >= 0.6 is 11.6 Å². The average molecular weight is 483 g/mol. The molecule has 0 saturated carbocycles. The Morgan fingerprint density at radius 2 is 1.68 bits per heavy atom. The quantitative estimate of drug-likeness (QED) is 0.652. The molecule has 2 aromatic carbocycles. The molecular weight excluding hydrogens is 456 g/mol. The Hall–Kier alpha value is -1.61. The van der Waals surface area contributed by atoms with Gasteiger partial charge in [0.25, 0.3) is 0 Å². The van der Waals surface area contributed by atoms with E-state index < -0.39 is 31.0 Å². The molecule has 31 heavy (non-hydrogen) atoms. The summed E-state index contributed by atoms with van der Waals surface area (Å²) in [5, 5.41) is -0.273. The van der Waals surface area contributed by atoms with Crippen LogP contribution in [0.15, 0.2) is 53.4 Å². The minimum absolute atomic E-state index is 0.110. The first-order valence-corrected chi connectivity index (χ1v) is 14.2. The first-order chi connectivity index (χ1) is 14.7. The Morgan fingerprint density at radius 3 is 2.29 bits per heavy atom. The molecule has 0 amide bonds. The van der Waals surface area contributed by atoms with E-state index in [1.165, 1.54) is 0 Å². The molecule has 0 unspecified atom stereocenters. The molecule has 9 heteroatoms. The van der Waals surface area contributed by atoms with E-state index in [9.17, 15) is 16.8 Å². The van der Waals surface area contributed by atoms with Gasteiger partial charge < -0.3 is 4.90 Å². The molecule has 0 aromatic heterocycles. The van der Waals surface area contributed by atoms with Crippen LogP contribution in [0.25, 0.3) is 0 Å². The number of aryl methyl sites for hydroxylation is 1. The normalized spacial score (nSPS) is 24.4. The molecule has 2 fully saturated rings. The molecule has 0 spiro atoms. The monoisotopic (exact) mass is 482 g/mol. The van der Waals surface area contributed by atoms with Gasteiger partial charge in [-0.2, -0.15) is 0 Å². The highest BCUT2D eigenvalue weighted by Gasteiger charge is 2.48. The molecule has 168 valence electrons. The van der Waals surface area contributed by atoms with Crippen LogP contribution in [-0.2, 0) is 26.1 Å². The third kappa shape index (κ3) is 4.77. The third-order valence-electron chi connectivity index (χ3n) is 6.29. The SMILES string of the molecule is CCc1ccc(S(=O)(=O)[C@H]2CS(=O)(=O)C[C@H]2N2CCN(c3cccc(Cl)c3)CC2)cc1. The van der Waals surface area contributed by atoms with Crippen LogP contribution in [0.5, 0.6) is 0 Å². The van der Waals surface area contributed by atoms with E-state index in [0.717, 1.165) is 17.7 Å². The molecule has 2 aliphatic heterocycles. The van der Waals surface area contributed by atoms with Crippen LogP contribution in [0.4, 0.5) is 5.69 Å². The van der Waals surface area contributed by atoms with E-state index in [-0.39, 0.29) is 16.4 Å². The summed E-state index contributed by atoms with van der Waals surface area (Å²) >= 11 is 6.10. The van der Waals surface area contributed by atoms with E-state index in [2.05, 4.69) is 4.90 Å². The number of anilines is 1. The summed E-state index contributed by atoms with van der Waals surface area (Å²) in [6.07, 6.45) is 0.817. The molecule has 2 aliphatic rings. The van der Waals surface area contributed by atoms with E-state index in [1.807, 2.05) is 36.1 Å². The van der Waals surface area contributed by atoms with Crippen molar-refractivity contribution in [3.05, 3.63) is 59.1 Å². The van der Waals surface area contributed by atoms with Crippen molar-refractivity contribution in [2.24, 2.45) is 0 Å². The molecule has 0 N–H and O–H groups in total. The summed E-state index contributed by atoms with van der Waals surface area (Å²) in [6, 6.07) is 13.9. The number of piperazine rings is 1. The number of halogens is 1. The Kier molecular flexibility index (Phi) is 6.36. The van der Waals surface area contributed by atoms with Gasteiger partial charge in [-0.1, -0.05) is 36.7 Å². The second-order valence-corrected chi connectivity index (χ2v) is 13.0. The van der Waals surface area contributed by atoms with Gasteiger partial charge in [0, 0.05) is 42.9 Å². The van der Waals surface area contributed by atoms with Gasteiger partial charge >= 0.3 is 0 Å². The maximum atomic E-state index is 13.4. The molecule has 2 atom stereocenters. The number of hydrogen-bond donors (Lipinski definition) is 0. The van der Waals surface area contributed by atoms with Crippen molar-refractivity contribution in [1.82, 2.24) is 4.90 Å². The highest BCUT2D eigenvalue weighted by Crippen LogP contribution is 2.30. The summed E-state index contributed by atoms with van der Waals surface area (Å²) in [6.45, 7) is 4.59. The van der Waals surface area contributed by atoms with Crippen molar-refractivity contribution >= 4 is 37.0 Å². The molecule has 6 nitrogen and oxygen atoms in total. The maximum absolute atomic E-state index is 13.4. The topological polar surface area (TPSA) is 74.8 Å². The highest BCUT2D eigenvalue weighted by molar-refractivity contribution is 7.96. The first-order valence-electron chi connectivity index (χ1n) is 10.5. The zero-order valence-electron chi connectivity index (χ0n) is 17.4. The highest BCUT2D eigenvalue weighted by atomic mass is 35.5. The predicted octanol–water partition coefficient (Wildman–Crippen LogP) is 2.66. The fraction of sp³-hybridized carbons (Fsp3) is 0.455. The largest absolute Gasteiger partial charge is 0.369 e. The molecule has 4 rings (SSSR count). The summed E-state index contributed by atoms with van der Waals surface area (Å²) < 4.78 is 51.7. The van der Waals surface area contributed by atoms with Crippen LogP contribution in [0.1, 0.15) is 12.5 Å². The maximum Gasteiger partial charge on any atom is 0.183 e. The molecule has 2 saturated heterocycles. The molecule has 0 aliphatic carbocycles. The smallest absolute Gasteiger partial charge is 0.183 e. The lowest BCUT2D eigenvalue weighted by Gasteiger charge is -2.40. The predicted molar refractivity (Wildman–Crippen MR) is 124 cm³/mol. The van der Waals surface area contributed by atoms with Crippen molar-refractivity contribution in [2.75, 3.05) is 42.6 Å². The Balaban J connectivity index is 1.54. The standard InChI is InChI=1S/C22H27ClN2O4S2/c1-2-17-6-8-20(9-7-17)31(28,29)22-16-30(26,27)15-21(22)25-12-10-24(11-13-25)19-5-3-4-18(23)14-19/h3-9,14,21-22H,2,10-13,15-16H2,1H3/t21-,22+/m1/s1. The van der Waals surface area contributed by atoms with Crippen molar-refractivity contribution in [1.29, 1.82) is 0 Å². The molecule has 0 bridgehead atoms. The zero-order valence-corrected chi connectivity index (χ0v) is 19.8. The number of sulfone groups is 2. The lowest BCUT2D eigenvalue weighted by Crippen LogP contribution is -2.55. The van der Waals surface area contributed by atoms with Crippen LogP contribution in [0.3, 0.4) is 0 Å². The van der Waals surface area contributed by atoms with E-state index in [1.54, 1.807) is 24.3 Å². The number of nitrogens with zero attached hydrogens (tertiary/aromatic N) is 2. The average Bonchev–Trinajstić information content (AvgIpc) is 3.10. The van der Waals surface area contributed by atoms with Crippen molar-refractivity contribution in [3.63, 3.8) is 0 Å². The molecular formula is C22H27ClN2O4S2. The van der Waals surface area contributed by atoms with Gasteiger partial charge in [-0.25, -0.2) is 16.8 Å². The van der Waals surface area contributed by atoms with Crippen LogP contribution in [0, 0.1) is 0 Å². The van der Waals surface area contributed by atoms with Crippen molar-refractivity contribution in [2.45, 2.75) is 29.5 Å². The number of benzene rings is 2. The number of hydrogen-bond acceptors (Lipinski definition) is 6. The number of rotatable bonds is 5. The summed E-state index contributed by atoms with van der Waals surface area (Å²) in [7, 11) is -7.18. The van der Waals surface area contributed by atoms with Gasteiger partial charge in [-0.15, -0.1) is 0 Å². The second kappa shape index (κ2) is 8.73.